The predicted molar refractivity (Wildman–Crippen MR) is 94.6 cm³/mol. The summed E-state index contributed by atoms with van der Waals surface area (Å²) in [6.07, 6.45) is 2.91. The third-order valence-electron chi connectivity index (χ3n) is 5.40. The number of thiophene rings is 1. The number of nitrogens with one attached hydrogen (secondary N) is 1. The third-order valence-corrected chi connectivity index (χ3v) is 6.26. The molecule has 2 aromatic rings. The Morgan fingerprint density at radius 1 is 1.30 bits per heavy atom. The topological polar surface area (TPSA) is 32.3 Å². The molecule has 120 valence electrons. The summed E-state index contributed by atoms with van der Waals surface area (Å²) < 4.78 is 0. The molecule has 1 amide bonds. The fourth-order valence-corrected chi connectivity index (χ4v) is 4.85. The molecule has 23 heavy (non-hydrogen) atoms. The molecule has 2 aliphatic heterocycles. The fourth-order valence-electron chi connectivity index (χ4n) is 4.00. The lowest BCUT2D eigenvalue weighted by Crippen LogP contribution is -2.47. The summed E-state index contributed by atoms with van der Waals surface area (Å²) in [6, 6.07) is 9.07. The minimum atomic E-state index is -0.312. The van der Waals surface area contributed by atoms with Crippen molar-refractivity contribution >= 4 is 17.2 Å². The average Bonchev–Trinajstić information content (AvgIpc) is 3.25. The highest BCUT2D eigenvalue weighted by molar-refractivity contribution is 7.08. The van der Waals surface area contributed by atoms with Gasteiger partial charge in [-0.05, 0) is 65.3 Å². The molecule has 3 nitrogen and oxygen atoms in total. The van der Waals surface area contributed by atoms with Crippen LogP contribution in [0.1, 0.15) is 36.4 Å². The van der Waals surface area contributed by atoms with Crippen LogP contribution in [0.15, 0.2) is 35.0 Å². The third kappa shape index (κ3) is 2.41. The van der Waals surface area contributed by atoms with Gasteiger partial charge in [0.2, 0.25) is 5.91 Å². The first kappa shape index (κ1) is 14.9. The van der Waals surface area contributed by atoms with Gasteiger partial charge in [0.1, 0.15) is 5.54 Å². The summed E-state index contributed by atoms with van der Waals surface area (Å²) in [5, 5.41) is 8.07. The van der Waals surface area contributed by atoms with E-state index in [1.807, 2.05) is 11.9 Å². The molecule has 0 aliphatic carbocycles. The maximum absolute atomic E-state index is 12.5. The van der Waals surface area contributed by atoms with E-state index in [1.165, 1.54) is 22.3 Å². The number of amides is 1. The van der Waals surface area contributed by atoms with Crippen molar-refractivity contribution in [1.82, 2.24) is 10.2 Å². The van der Waals surface area contributed by atoms with Gasteiger partial charge in [0, 0.05) is 19.6 Å². The second-order valence-electron chi connectivity index (χ2n) is 6.89. The zero-order valence-corrected chi connectivity index (χ0v) is 14.5. The second-order valence-corrected chi connectivity index (χ2v) is 7.63. The van der Waals surface area contributed by atoms with E-state index >= 15 is 0 Å². The van der Waals surface area contributed by atoms with Crippen molar-refractivity contribution in [2.24, 2.45) is 0 Å². The molecule has 0 radical (unpaired) electrons. The van der Waals surface area contributed by atoms with Crippen LogP contribution in [-0.2, 0) is 4.79 Å². The molecule has 1 aromatic heterocycles. The first-order valence-corrected chi connectivity index (χ1v) is 9.20. The Hall–Kier alpha value is -1.65. The van der Waals surface area contributed by atoms with Crippen LogP contribution in [0.3, 0.4) is 0 Å². The molecule has 3 heterocycles. The van der Waals surface area contributed by atoms with Gasteiger partial charge in [-0.3, -0.25) is 10.1 Å². The van der Waals surface area contributed by atoms with Gasteiger partial charge in [0.05, 0.1) is 0 Å². The van der Waals surface area contributed by atoms with E-state index in [4.69, 9.17) is 0 Å². The smallest absolute Gasteiger partial charge is 0.242 e. The Labute approximate surface area is 141 Å². The van der Waals surface area contributed by atoms with Crippen LogP contribution < -0.4 is 5.32 Å². The predicted octanol–water partition coefficient (Wildman–Crippen LogP) is 3.75. The van der Waals surface area contributed by atoms with Gasteiger partial charge in [0.25, 0.3) is 0 Å². The molecule has 1 N–H and O–H groups in total. The van der Waals surface area contributed by atoms with Gasteiger partial charge in [0.15, 0.2) is 0 Å². The number of aryl methyl sites for hydroxylation is 1. The van der Waals surface area contributed by atoms with Crippen molar-refractivity contribution in [3.63, 3.8) is 0 Å². The second kappa shape index (κ2) is 5.46. The Kier molecular flexibility index (Phi) is 3.54. The standard InChI is InChI=1S/C19H22N2OS/c1-13-11-23-12-16(13)14-4-3-5-15(10-14)17-6-7-19(20-17)8-9-21(2)18(19)22/h3-5,10-12,17,20H,6-9H2,1-2H3/t17-,19+/m0/s1. The van der Waals surface area contributed by atoms with Gasteiger partial charge in [-0.25, -0.2) is 0 Å². The van der Waals surface area contributed by atoms with Crippen LogP contribution in [0.2, 0.25) is 0 Å². The van der Waals surface area contributed by atoms with Gasteiger partial charge in [-0.15, -0.1) is 0 Å². The van der Waals surface area contributed by atoms with Crippen molar-refractivity contribution in [1.29, 1.82) is 0 Å². The number of hydrogen-bond donors (Lipinski definition) is 1. The quantitative estimate of drug-likeness (QED) is 0.911. The summed E-state index contributed by atoms with van der Waals surface area (Å²) >= 11 is 1.75. The van der Waals surface area contributed by atoms with Crippen LogP contribution in [-0.4, -0.2) is 29.9 Å². The molecule has 2 aliphatic rings. The molecule has 0 unspecified atom stereocenters. The van der Waals surface area contributed by atoms with Crippen LogP contribution >= 0.6 is 11.3 Å². The van der Waals surface area contributed by atoms with E-state index in [0.717, 1.165) is 25.8 Å². The van der Waals surface area contributed by atoms with Crippen LogP contribution in [0.5, 0.6) is 0 Å². The highest BCUT2D eigenvalue weighted by atomic mass is 32.1. The Bertz CT molecular complexity index is 753. The first-order chi connectivity index (χ1) is 11.1. The summed E-state index contributed by atoms with van der Waals surface area (Å²) in [7, 11) is 1.91. The largest absolute Gasteiger partial charge is 0.344 e. The SMILES string of the molecule is Cc1cscc1-c1cccc([C@@H]2CC[C@]3(CCN(C)C3=O)N2)c1. The Morgan fingerprint density at radius 2 is 2.17 bits per heavy atom. The van der Waals surface area contributed by atoms with Crippen molar-refractivity contribution in [2.45, 2.75) is 37.8 Å². The molecule has 0 saturated carbocycles. The number of likely N-dealkylation sites (tertiary alicyclic amines) is 1. The maximum atomic E-state index is 12.5. The van der Waals surface area contributed by atoms with E-state index in [2.05, 4.69) is 47.3 Å². The molecule has 0 bridgehead atoms. The summed E-state index contributed by atoms with van der Waals surface area (Å²) in [4.78, 5) is 14.3. The number of carbonyl (C=O) groups excluding carboxylic acids is 1. The van der Waals surface area contributed by atoms with Gasteiger partial charge < -0.3 is 4.90 Å². The van der Waals surface area contributed by atoms with Crippen molar-refractivity contribution < 1.29 is 4.79 Å². The lowest BCUT2D eigenvalue weighted by molar-refractivity contribution is -0.131. The maximum Gasteiger partial charge on any atom is 0.242 e. The molecule has 2 saturated heterocycles. The normalized spacial score (nSPS) is 27.3. The molecule has 2 fully saturated rings. The number of hydrogen-bond acceptors (Lipinski definition) is 3. The minimum absolute atomic E-state index is 0.268. The number of rotatable bonds is 2. The van der Waals surface area contributed by atoms with E-state index in [0.29, 0.717) is 0 Å². The number of likely N-dealkylation sites (N-methyl/N-ethyl adjacent to an activating group) is 1. The van der Waals surface area contributed by atoms with Crippen LogP contribution in [0.25, 0.3) is 11.1 Å². The Balaban J connectivity index is 1.61. The first-order valence-electron chi connectivity index (χ1n) is 8.25. The van der Waals surface area contributed by atoms with Crippen molar-refractivity contribution in [3.05, 3.63) is 46.2 Å². The number of carbonyl (C=O) groups is 1. The molecule has 4 rings (SSSR count). The molecular weight excluding hydrogens is 304 g/mol. The molecule has 4 heteroatoms. The van der Waals surface area contributed by atoms with E-state index in [1.54, 1.807) is 11.3 Å². The minimum Gasteiger partial charge on any atom is -0.344 e. The average molecular weight is 326 g/mol. The fraction of sp³-hybridized carbons (Fsp3) is 0.421. The number of benzene rings is 1. The molecule has 1 spiro atoms. The summed E-state index contributed by atoms with van der Waals surface area (Å²) in [6.45, 7) is 3.03. The van der Waals surface area contributed by atoms with E-state index < -0.39 is 0 Å². The zero-order valence-electron chi connectivity index (χ0n) is 13.6. The lowest BCUT2D eigenvalue weighted by Gasteiger charge is -2.23. The van der Waals surface area contributed by atoms with Gasteiger partial charge in [-0.2, -0.15) is 11.3 Å². The monoisotopic (exact) mass is 326 g/mol. The van der Waals surface area contributed by atoms with E-state index in [9.17, 15) is 4.79 Å². The van der Waals surface area contributed by atoms with Gasteiger partial charge in [-0.1, -0.05) is 18.2 Å². The molecule has 1 aromatic carbocycles. The summed E-state index contributed by atoms with van der Waals surface area (Å²) in [5.74, 6) is 0.268. The van der Waals surface area contributed by atoms with Crippen molar-refractivity contribution in [2.75, 3.05) is 13.6 Å². The number of nitrogens with zero attached hydrogens (tertiary/aromatic N) is 1. The van der Waals surface area contributed by atoms with E-state index in [-0.39, 0.29) is 17.5 Å². The van der Waals surface area contributed by atoms with Crippen molar-refractivity contribution in [3.8, 4) is 11.1 Å². The highest BCUT2D eigenvalue weighted by Gasteiger charge is 2.49. The van der Waals surface area contributed by atoms with Gasteiger partial charge >= 0.3 is 0 Å². The molecular formula is C19H22N2OS. The summed E-state index contributed by atoms with van der Waals surface area (Å²) in [5.41, 5.74) is 4.91. The lowest BCUT2D eigenvalue weighted by atomic mass is 9.95. The highest BCUT2D eigenvalue weighted by Crippen LogP contribution is 2.40. The van der Waals surface area contributed by atoms with Crippen LogP contribution in [0, 0.1) is 6.92 Å². The molecule has 2 atom stereocenters. The Morgan fingerprint density at radius 3 is 2.87 bits per heavy atom. The zero-order chi connectivity index (χ0) is 16.0. The van der Waals surface area contributed by atoms with Crippen LogP contribution in [0.4, 0.5) is 0 Å².